The minimum Gasteiger partial charge on any atom is -0.320 e. The number of nitrogens with zero attached hydrogens (tertiary/aromatic N) is 2. The molecular formula is C12H15N3S. The molecule has 2 rings (SSSR count). The van der Waals surface area contributed by atoms with E-state index in [4.69, 9.17) is 5.73 Å². The zero-order valence-corrected chi connectivity index (χ0v) is 10.3. The lowest BCUT2D eigenvalue weighted by molar-refractivity contribution is 0.870. The molecule has 84 valence electrons. The van der Waals surface area contributed by atoms with Gasteiger partial charge in [-0.2, -0.15) is 0 Å². The summed E-state index contributed by atoms with van der Waals surface area (Å²) in [5.74, 6) is 0. The Bertz CT molecular complexity index is 479. The summed E-state index contributed by atoms with van der Waals surface area (Å²) in [6.45, 7) is 4.09. The lowest BCUT2D eigenvalue weighted by atomic mass is 10.0. The van der Waals surface area contributed by atoms with Crippen molar-refractivity contribution in [2.75, 3.05) is 0 Å². The fourth-order valence-electron chi connectivity index (χ4n) is 1.68. The van der Waals surface area contributed by atoms with Gasteiger partial charge in [-0.05, 0) is 36.0 Å². The van der Waals surface area contributed by atoms with Crippen LogP contribution in [0.2, 0.25) is 0 Å². The maximum Gasteiger partial charge on any atom is 0.0776 e. The Morgan fingerprint density at radius 2 is 2.25 bits per heavy atom. The third-order valence-corrected chi connectivity index (χ3v) is 3.60. The zero-order chi connectivity index (χ0) is 11.5. The molecule has 0 aliphatic heterocycles. The van der Waals surface area contributed by atoms with E-state index in [1.165, 1.54) is 17.1 Å². The van der Waals surface area contributed by atoms with Crippen molar-refractivity contribution in [3.63, 3.8) is 0 Å². The van der Waals surface area contributed by atoms with Crippen LogP contribution in [0.1, 0.15) is 34.7 Å². The molecule has 1 aromatic carbocycles. The highest BCUT2D eigenvalue weighted by Gasteiger charge is 2.14. The second-order valence-electron chi connectivity index (χ2n) is 3.80. The van der Waals surface area contributed by atoms with Gasteiger partial charge in [0.25, 0.3) is 0 Å². The maximum atomic E-state index is 6.22. The van der Waals surface area contributed by atoms with E-state index in [1.807, 2.05) is 6.92 Å². The van der Waals surface area contributed by atoms with Crippen molar-refractivity contribution in [1.29, 1.82) is 0 Å². The average molecular weight is 233 g/mol. The molecule has 1 atom stereocenters. The van der Waals surface area contributed by atoms with Gasteiger partial charge in [-0.15, -0.1) is 5.10 Å². The van der Waals surface area contributed by atoms with Crippen molar-refractivity contribution < 1.29 is 0 Å². The van der Waals surface area contributed by atoms with E-state index >= 15 is 0 Å². The van der Waals surface area contributed by atoms with Crippen LogP contribution in [0, 0.1) is 6.92 Å². The first kappa shape index (κ1) is 11.2. The summed E-state index contributed by atoms with van der Waals surface area (Å²) in [7, 11) is 0. The molecule has 3 nitrogen and oxygen atoms in total. The van der Waals surface area contributed by atoms with Gasteiger partial charge in [0, 0.05) is 0 Å². The molecule has 0 fully saturated rings. The van der Waals surface area contributed by atoms with E-state index in [1.54, 1.807) is 0 Å². The lowest BCUT2D eigenvalue weighted by Crippen LogP contribution is -2.11. The Balaban J connectivity index is 2.33. The number of rotatable bonds is 3. The first-order chi connectivity index (χ1) is 7.72. The molecule has 0 amide bonds. The van der Waals surface area contributed by atoms with Gasteiger partial charge < -0.3 is 5.73 Å². The van der Waals surface area contributed by atoms with Crippen molar-refractivity contribution in [2.24, 2.45) is 5.73 Å². The van der Waals surface area contributed by atoms with E-state index in [-0.39, 0.29) is 6.04 Å². The molecule has 0 radical (unpaired) electrons. The van der Waals surface area contributed by atoms with E-state index in [0.717, 1.165) is 22.6 Å². The predicted octanol–water partition coefficient (Wildman–Crippen LogP) is 2.46. The third kappa shape index (κ3) is 2.13. The van der Waals surface area contributed by atoms with Crippen molar-refractivity contribution in [3.8, 4) is 0 Å². The number of aryl methyl sites for hydroxylation is 2. The Labute approximate surface area is 99.5 Å². The topological polar surface area (TPSA) is 51.8 Å². The molecule has 0 saturated heterocycles. The fourth-order valence-corrected chi connectivity index (χ4v) is 2.35. The van der Waals surface area contributed by atoms with Crippen molar-refractivity contribution >= 4 is 11.5 Å². The number of hydrogen-bond acceptors (Lipinski definition) is 4. The van der Waals surface area contributed by atoms with Gasteiger partial charge in [0.2, 0.25) is 0 Å². The molecular weight excluding hydrogens is 218 g/mol. The Hall–Kier alpha value is -1.26. The van der Waals surface area contributed by atoms with Crippen LogP contribution in [0.25, 0.3) is 0 Å². The first-order valence-electron chi connectivity index (χ1n) is 5.35. The molecule has 0 saturated carbocycles. The molecule has 0 bridgehead atoms. The molecule has 16 heavy (non-hydrogen) atoms. The standard InChI is InChI=1S/C12H15N3S/c1-3-9-5-4-6-10(7-9)11(13)12-8(2)14-15-16-12/h4-7,11H,3,13H2,1-2H3. The zero-order valence-electron chi connectivity index (χ0n) is 9.47. The predicted molar refractivity (Wildman–Crippen MR) is 66.5 cm³/mol. The van der Waals surface area contributed by atoms with Crippen LogP contribution >= 0.6 is 11.5 Å². The van der Waals surface area contributed by atoms with Gasteiger partial charge >= 0.3 is 0 Å². The molecule has 0 aliphatic carbocycles. The number of hydrogen-bond donors (Lipinski definition) is 1. The average Bonchev–Trinajstić information content (AvgIpc) is 2.74. The molecule has 1 aromatic heterocycles. The van der Waals surface area contributed by atoms with Crippen molar-refractivity contribution in [2.45, 2.75) is 26.3 Å². The molecule has 1 unspecified atom stereocenters. The van der Waals surface area contributed by atoms with Crippen LogP contribution in [0.5, 0.6) is 0 Å². The van der Waals surface area contributed by atoms with Gasteiger partial charge in [-0.3, -0.25) is 0 Å². The van der Waals surface area contributed by atoms with Crippen LogP contribution in [0.4, 0.5) is 0 Å². The van der Waals surface area contributed by atoms with Gasteiger partial charge in [-0.1, -0.05) is 35.7 Å². The summed E-state index contributed by atoms with van der Waals surface area (Å²) in [6.07, 6.45) is 1.03. The van der Waals surface area contributed by atoms with Crippen LogP contribution in [-0.4, -0.2) is 9.59 Å². The lowest BCUT2D eigenvalue weighted by Gasteiger charge is -2.11. The Kier molecular flexibility index (Phi) is 3.31. The number of nitrogens with two attached hydrogens (primary N) is 1. The SMILES string of the molecule is CCc1cccc(C(N)c2snnc2C)c1. The summed E-state index contributed by atoms with van der Waals surface area (Å²) < 4.78 is 3.92. The molecule has 2 aromatic rings. The summed E-state index contributed by atoms with van der Waals surface area (Å²) in [5, 5.41) is 3.99. The summed E-state index contributed by atoms with van der Waals surface area (Å²) in [4.78, 5) is 1.05. The first-order valence-corrected chi connectivity index (χ1v) is 6.13. The minimum absolute atomic E-state index is 0.105. The molecule has 1 heterocycles. The summed E-state index contributed by atoms with van der Waals surface area (Å²) in [5.41, 5.74) is 9.59. The largest absolute Gasteiger partial charge is 0.320 e. The van der Waals surface area contributed by atoms with E-state index in [9.17, 15) is 0 Å². The quantitative estimate of drug-likeness (QED) is 0.886. The maximum absolute atomic E-state index is 6.22. The molecule has 0 aliphatic rings. The third-order valence-electron chi connectivity index (χ3n) is 2.69. The second-order valence-corrected chi connectivity index (χ2v) is 4.58. The Morgan fingerprint density at radius 3 is 2.88 bits per heavy atom. The minimum atomic E-state index is -0.105. The monoisotopic (exact) mass is 233 g/mol. The van der Waals surface area contributed by atoms with Gasteiger partial charge in [-0.25, -0.2) is 0 Å². The highest BCUT2D eigenvalue weighted by atomic mass is 32.1. The van der Waals surface area contributed by atoms with Crippen LogP contribution in [0.15, 0.2) is 24.3 Å². The molecule has 4 heteroatoms. The fraction of sp³-hybridized carbons (Fsp3) is 0.333. The van der Waals surface area contributed by atoms with Crippen molar-refractivity contribution in [3.05, 3.63) is 46.0 Å². The van der Waals surface area contributed by atoms with E-state index in [2.05, 4.69) is 40.8 Å². The molecule has 0 spiro atoms. The van der Waals surface area contributed by atoms with Gasteiger partial charge in [0.15, 0.2) is 0 Å². The van der Waals surface area contributed by atoms with Crippen molar-refractivity contribution in [1.82, 2.24) is 9.59 Å². The molecule has 2 N–H and O–H groups in total. The normalized spacial score (nSPS) is 12.7. The van der Waals surface area contributed by atoms with Crippen LogP contribution < -0.4 is 5.73 Å². The highest BCUT2D eigenvalue weighted by molar-refractivity contribution is 7.05. The van der Waals surface area contributed by atoms with E-state index < -0.39 is 0 Å². The van der Waals surface area contributed by atoms with Gasteiger partial charge in [0.1, 0.15) is 0 Å². The summed E-state index contributed by atoms with van der Waals surface area (Å²) in [6, 6.07) is 8.28. The van der Waals surface area contributed by atoms with Crippen LogP contribution in [0.3, 0.4) is 0 Å². The Morgan fingerprint density at radius 1 is 1.44 bits per heavy atom. The summed E-state index contributed by atoms with van der Waals surface area (Å²) >= 11 is 1.38. The highest BCUT2D eigenvalue weighted by Crippen LogP contribution is 2.24. The smallest absolute Gasteiger partial charge is 0.0776 e. The van der Waals surface area contributed by atoms with Crippen LogP contribution in [-0.2, 0) is 6.42 Å². The number of aromatic nitrogens is 2. The van der Waals surface area contributed by atoms with E-state index in [0.29, 0.717) is 0 Å². The second kappa shape index (κ2) is 4.72. The number of benzene rings is 1. The van der Waals surface area contributed by atoms with Gasteiger partial charge in [0.05, 0.1) is 16.6 Å².